The molecule has 0 saturated carbocycles. The monoisotopic (exact) mass is 209 g/mol. The van der Waals surface area contributed by atoms with Crippen molar-refractivity contribution >= 4 is 0 Å². The van der Waals surface area contributed by atoms with Crippen molar-refractivity contribution in [1.82, 2.24) is 10.3 Å². The zero-order valence-corrected chi connectivity index (χ0v) is 9.06. The molecule has 0 aliphatic heterocycles. The normalized spacial score (nSPS) is 13.1. The van der Waals surface area contributed by atoms with Crippen molar-refractivity contribution in [3.05, 3.63) is 35.9 Å². The molecular formula is C11H19N3O. The first-order valence-electron chi connectivity index (χ1n) is 5.09. The fourth-order valence-corrected chi connectivity index (χ4v) is 1.29. The highest BCUT2D eigenvalue weighted by atomic mass is 16.3. The second-order valence-corrected chi connectivity index (χ2v) is 3.61. The average molecular weight is 209 g/mol. The molecule has 1 atom stereocenters. The van der Waals surface area contributed by atoms with E-state index in [4.69, 9.17) is 5.84 Å². The van der Waals surface area contributed by atoms with Gasteiger partial charge in [-0.05, 0) is 5.56 Å². The Kier molecular flexibility index (Phi) is 5.28. The molecule has 0 heterocycles. The zero-order valence-electron chi connectivity index (χ0n) is 9.06. The topological polar surface area (TPSA) is 61.5 Å². The van der Waals surface area contributed by atoms with Gasteiger partial charge in [0.2, 0.25) is 0 Å². The minimum absolute atomic E-state index is 0.450. The first-order valence-corrected chi connectivity index (χ1v) is 5.09. The third kappa shape index (κ3) is 4.90. The van der Waals surface area contributed by atoms with Crippen LogP contribution < -0.4 is 11.2 Å². The number of hydrazine groups is 1. The van der Waals surface area contributed by atoms with Gasteiger partial charge >= 0.3 is 0 Å². The van der Waals surface area contributed by atoms with Crippen LogP contribution in [0.1, 0.15) is 11.7 Å². The maximum atomic E-state index is 9.78. The Morgan fingerprint density at radius 3 is 2.67 bits per heavy atom. The Labute approximate surface area is 90.7 Å². The van der Waals surface area contributed by atoms with Crippen molar-refractivity contribution in [1.29, 1.82) is 0 Å². The van der Waals surface area contributed by atoms with Crippen LogP contribution in [0.15, 0.2) is 30.3 Å². The molecular weight excluding hydrogens is 190 g/mol. The second-order valence-electron chi connectivity index (χ2n) is 3.61. The molecule has 4 nitrogen and oxygen atoms in total. The summed E-state index contributed by atoms with van der Waals surface area (Å²) in [6, 6.07) is 9.62. The van der Waals surface area contributed by atoms with Gasteiger partial charge in [-0.1, -0.05) is 30.3 Å². The molecule has 4 heteroatoms. The molecule has 1 aromatic rings. The van der Waals surface area contributed by atoms with Crippen molar-refractivity contribution in [2.45, 2.75) is 6.10 Å². The lowest BCUT2D eigenvalue weighted by Crippen LogP contribution is -2.35. The third-order valence-electron chi connectivity index (χ3n) is 2.16. The van der Waals surface area contributed by atoms with Crippen LogP contribution in [0.2, 0.25) is 0 Å². The van der Waals surface area contributed by atoms with Gasteiger partial charge in [-0.15, -0.1) is 0 Å². The van der Waals surface area contributed by atoms with Gasteiger partial charge in [0.1, 0.15) is 0 Å². The van der Waals surface area contributed by atoms with Crippen LogP contribution in [0.3, 0.4) is 0 Å². The molecule has 0 fully saturated rings. The molecule has 15 heavy (non-hydrogen) atoms. The van der Waals surface area contributed by atoms with E-state index in [1.54, 1.807) is 5.01 Å². The summed E-state index contributed by atoms with van der Waals surface area (Å²) < 4.78 is 0. The van der Waals surface area contributed by atoms with Crippen LogP contribution in [0.25, 0.3) is 0 Å². The van der Waals surface area contributed by atoms with Crippen LogP contribution in [0, 0.1) is 0 Å². The molecule has 0 radical (unpaired) electrons. The molecule has 0 aliphatic rings. The number of nitrogens with zero attached hydrogens (tertiary/aromatic N) is 1. The number of aliphatic hydroxyl groups is 1. The van der Waals surface area contributed by atoms with Crippen molar-refractivity contribution < 1.29 is 5.11 Å². The van der Waals surface area contributed by atoms with Gasteiger partial charge in [-0.2, -0.15) is 0 Å². The SMILES string of the molecule is CN(N)CCNCC(O)c1ccccc1. The molecule has 84 valence electrons. The van der Waals surface area contributed by atoms with E-state index in [2.05, 4.69) is 5.32 Å². The number of likely N-dealkylation sites (N-methyl/N-ethyl adjacent to an activating group) is 1. The number of rotatable bonds is 6. The largest absolute Gasteiger partial charge is 0.387 e. The van der Waals surface area contributed by atoms with E-state index < -0.39 is 6.10 Å². The summed E-state index contributed by atoms with van der Waals surface area (Å²) in [6.07, 6.45) is -0.450. The summed E-state index contributed by atoms with van der Waals surface area (Å²) in [7, 11) is 1.81. The first kappa shape index (κ1) is 12.1. The second kappa shape index (κ2) is 6.53. The third-order valence-corrected chi connectivity index (χ3v) is 2.16. The summed E-state index contributed by atoms with van der Waals surface area (Å²) in [5.41, 5.74) is 0.936. The summed E-state index contributed by atoms with van der Waals surface area (Å²) in [5.74, 6) is 5.45. The van der Waals surface area contributed by atoms with Gasteiger partial charge in [-0.25, -0.2) is 5.01 Å². The molecule has 0 aromatic heterocycles. The van der Waals surface area contributed by atoms with Gasteiger partial charge in [0.05, 0.1) is 6.10 Å². The van der Waals surface area contributed by atoms with Crippen LogP contribution in [0.4, 0.5) is 0 Å². The molecule has 1 unspecified atom stereocenters. The Balaban J connectivity index is 2.22. The van der Waals surface area contributed by atoms with E-state index in [0.29, 0.717) is 6.54 Å². The number of hydrogen-bond donors (Lipinski definition) is 3. The smallest absolute Gasteiger partial charge is 0.0914 e. The quantitative estimate of drug-likeness (QED) is 0.354. The Morgan fingerprint density at radius 1 is 1.40 bits per heavy atom. The first-order chi connectivity index (χ1) is 7.20. The maximum Gasteiger partial charge on any atom is 0.0914 e. The van der Waals surface area contributed by atoms with Crippen molar-refractivity contribution in [3.8, 4) is 0 Å². The van der Waals surface area contributed by atoms with E-state index in [1.165, 1.54) is 0 Å². The lowest BCUT2D eigenvalue weighted by Gasteiger charge is -2.14. The van der Waals surface area contributed by atoms with Gasteiger partial charge in [0.15, 0.2) is 0 Å². The molecule has 0 amide bonds. The van der Waals surface area contributed by atoms with Gasteiger partial charge in [-0.3, -0.25) is 5.84 Å². The lowest BCUT2D eigenvalue weighted by molar-refractivity contribution is 0.173. The molecule has 0 saturated heterocycles. The molecule has 0 bridgehead atoms. The minimum Gasteiger partial charge on any atom is -0.387 e. The standard InChI is InChI=1S/C11H19N3O/c1-14(12)8-7-13-9-11(15)10-5-3-2-4-6-10/h2-6,11,13,15H,7-9,12H2,1H3. The Hall–Kier alpha value is -0.940. The molecule has 4 N–H and O–H groups in total. The molecule has 1 rings (SSSR count). The summed E-state index contributed by atoms with van der Waals surface area (Å²) in [6.45, 7) is 2.09. The minimum atomic E-state index is -0.450. The number of nitrogens with two attached hydrogens (primary N) is 1. The van der Waals surface area contributed by atoms with Gasteiger partial charge in [0.25, 0.3) is 0 Å². The predicted molar refractivity (Wildman–Crippen MR) is 61.1 cm³/mol. The van der Waals surface area contributed by atoms with Crippen molar-refractivity contribution in [3.63, 3.8) is 0 Å². The van der Waals surface area contributed by atoms with Crippen molar-refractivity contribution in [2.75, 3.05) is 26.7 Å². The summed E-state index contributed by atoms with van der Waals surface area (Å²) in [5, 5.41) is 14.5. The highest BCUT2D eigenvalue weighted by Gasteiger charge is 2.05. The molecule has 1 aromatic carbocycles. The predicted octanol–water partition coefficient (Wildman–Crippen LogP) is 0.115. The van der Waals surface area contributed by atoms with Crippen LogP contribution in [0.5, 0.6) is 0 Å². The van der Waals surface area contributed by atoms with E-state index in [-0.39, 0.29) is 0 Å². The number of nitrogens with one attached hydrogen (secondary N) is 1. The van der Waals surface area contributed by atoms with E-state index >= 15 is 0 Å². The number of hydrogen-bond acceptors (Lipinski definition) is 4. The number of benzene rings is 1. The van der Waals surface area contributed by atoms with Crippen molar-refractivity contribution in [2.24, 2.45) is 5.84 Å². The lowest BCUT2D eigenvalue weighted by atomic mass is 10.1. The highest BCUT2D eigenvalue weighted by molar-refractivity contribution is 5.17. The fourth-order valence-electron chi connectivity index (χ4n) is 1.29. The summed E-state index contributed by atoms with van der Waals surface area (Å²) in [4.78, 5) is 0. The van der Waals surface area contributed by atoms with Crippen LogP contribution >= 0.6 is 0 Å². The highest BCUT2D eigenvalue weighted by Crippen LogP contribution is 2.09. The molecule has 0 aliphatic carbocycles. The average Bonchev–Trinajstić information content (AvgIpc) is 2.25. The maximum absolute atomic E-state index is 9.78. The van der Waals surface area contributed by atoms with E-state index in [0.717, 1.165) is 18.7 Å². The molecule has 0 spiro atoms. The van der Waals surface area contributed by atoms with E-state index in [9.17, 15) is 5.11 Å². The summed E-state index contributed by atoms with van der Waals surface area (Å²) >= 11 is 0. The Morgan fingerprint density at radius 2 is 2.07 bits per heavy atom. The Bertz CT molecular complexity index is 264. The van der Waals surface area contributed by atoms with Crippen LogP contribution in [-0.4, -0.2) is 36.8 Å². The van der Waals surface area contributed by atoms with Gasteiger partial charge in [0, 0.05) is 26.7 Å². The fraction of sp³-hybridized carbons (Fsp3) is 0.455. The zero-order chi connectivity index (χ0) is 11.1. The number of aliphatic hydroxyl groups excluding tert-OH is 1. The van der Waals surface area contributed by atoms with Gasteiger partial charge < -0.3 is 10.4 Å². The van der Waals surface area contributed by atoms with E-state index in [1.807, 2.05) is 37.4 Å². The van der Waals surface area contributed by atoms with Crippen LogP contribution in [-0.2, 0) is 0 Å².